The molecule has 0 unspecified atom stereocenters. The van der Waals surface area contributed by atoms with E-state index in [1.807, 2.05) is 6.92 Å². The number of imide groups is 1. The summed E-state index contributed by atoms with van der Waals surface area (Å²) in [5.41, 5.74) is -0.899. The first-order chi connectivity index (χ1) is 13.7. The highest BCUT2D eigenvalue weighted by Crippen LogP contribution is 2.38. The van der Waals surface area contributed by atoms with E-state index in [9.17, 15) is 19.2 Å². The van der Waals surface area contributed by atoms with Crippen LogP contribution in [0.4, 0.5) is 4.79 Å². The molecule has 1 aliphatic heterocycles. The number of esters is 1. The van der Waals surface area contributed by atoms with Crippen LogP contribution in [0.5, 0.6) is 0 Å². The van der Waals surface area contributed by atoms with Crippen LogP contribution in [0.2, 0.25) is 0 Å². The molecule has 3 aliphatic rings. The summed E-state index contributed by atoms with van der Waals surface area (Å²) in [5.74, 6) is -0.638. The van der Waals surface area contributed by atoms with Crippen LogP contribution in [0.25, 0.3) is 0 Å². The molecule has 2 atom stereocenters. The highest BCUT2D eigenvalue weighted by atomic mass is 16.5. The average molecular weight is 408 g/mol. The predicted octanol–water partition coefficient (Wildman–Crippen LogP) is 2.07. The second kappa shape index (κ2) is 8.71. The van der Waals surface area contributed by atoms with Gasteiger partial charge in [0.15, 0.2) is 6.61 Å². The highest BCUT2D eigenvalue weighted by molar-refractivity contribution is 6.09. The van der Waals surface area contributed by atoms with Gasteiger partial charge in [-0.1, -0.05) is 26.7 Å². The van der Waals surface area contributed by atoms with E-state index >= 15 is 0 Å². The fourth-order valence-electron chi connectivity index (χ4n) is 4.89. The lowest BCUT2D eigenvalue weighted by atomic mass is 9.73. The van der Waals surface area contributed by atoms with Gasteiger partial charge in [-0.15, -0.1) is 0 Å². The molecule has 1 saturated heterocycles. The Labute approximate surface area is 172 Å². The first kappa shape index (κ1) is 21.6. The van der Waals surface area contributed by atoms with E-state index in [1.54, 1.807) is 11.9 Å². The Kier molecular flexibility index (Phi) is 6.49. The van der Waals surface area contributed by atoms with Gasteiger partial charge in [0.25, 0.3) is 11.8 Å². The van der Waals surface area contributed by atoms with E-state index in [0.29, 0.717) is 12.3 Å². The van der Waals surface area contributed by atoms with Gasteiger partial charge in [-0.2, -0.15) is 0 Å². The van der Waals surface area contributed by atoms with Gasteiger partial charge in [-0.3, -0.25) is 19.3 Å². The molecule has 0 aromatic rings. The van der Waals surface area contributed by atoms with E-state index in [1.165, 1.54) is 0 Å². The van der Waals surface area contributed by atoms with E-state index in [-0.39, 0.29) is 30.4 Å². The lowest BCUT2D eigenvalue weighted by Gasteiger charge is -2.36. The Morgan fingerprint density at radius 2 is 1.83 bits per heavy atom. The minimum Gasteiger partial charge on any atom is -0.454 e. The van der Waals surface area contributed by atoms with E-state index in [0.717, 1.165) is 49.8 Å². The Bertz CT molecular complexity index is 673. The maximum atomic E-state index is 12.9. The molecule has 3 fully saturated rings. The second-order valence-electron chi connectivity index (χ2n) is 9.02. The Morgan fingerprint density at radius 3 is 2.48 bits per heavy atom. The SMILES string of the molecule is CC1CCC(N(C)C(=O)COC(=O)CN2C(=O)N[C@]3(CCCC[C@H]3C)C2=O)CC1. The fourth-order valence-corrected chi connectivity index (χ4v) is 4.89. The Balaban J connectivity index is 1.49. The van der Waals surface area contributed by atoms with Crippen molar-refractivity contribution in [2.45, 2.75) is 76.8 Å². The summed E-state index contributed by atoms with van der Waals surface area (Å²) < 4.78 is 5.09. The monoisotopic (exact) mass is 407 g/mol. The standard InChI is InChI=1S/C21H33N3O5/c1-14-7-9-16(10-8-14)23(3)17(25)13-29-18(26)12-24-19(27)21(22-20(24)28)11-5-4-6-15(21)2/h14-16H,4-13H2,1-3H3,(H,22,28)/t14?,15-,16?,21+/m1/s1. The van der Waals surface area contributed by atoms with Crippen molar-refractivity contribution in [1.29, 1.82) is 0 Å². The maximum absolute atomic E-state index is 12.9. The molecule has 162 valence electrons. The molecule has 2 aliphatic carbocycles. The number of urea groups is 1. The van der Waals surface area contributed by atoms with Gasteiger partial charge < -0.3 is 15.0 Å². The van der Waals surface area contributed by atoms with Crippen LogP contribution in [0.15, 0.2) is 0 Å². The topological polar surface area (TPSA) is 96.0 Å². The normalized spacial score (nSPS) is 32.2. The molecule has 0 aromatic heterocycles. The van der Waals surface area contributed by atoms with E-state index < -0.39 is 24.1 Å². The number of carbonyl (C=O) groups excluding carboxylic acids is 4. The molecule has 0 radical (unpaired) electrons. The maximum Gasteiger partial charge on any atom is 0.326 e. The number of hydrogen-bond donors (Lipinski definition) is 1. The van der Waals surface area contributed by atoms with Gasteiger partial charge in [0.1, 0.15) is 12.1 Å². The summed E-state index contributed by atoms with van der Waals surface area (Å²) in [6.07, 6.45) is 7.46. The molecular formula is C21H33N3O5. The third-order valence-corrected chi connectivity index (χ3v) is 7.07. The molecule has 0 aromatic carbocycles. The van der Waals surface area contributed by atoms with Crippen molar-refractivity contribution in [3.05, 3.63) is 0 Å². The Hall–Kier alpha value is -2.12. The third kappa shape index (κ3) is 4.41. The van der Waals surface area contributed by atoms with Crippen molar-refractivity contribution in [3.63, 3.8) is 0 Å². The molecule has 2 saturated carbocycles. The van der Waals surface area contributed by atoms with Gasteiger partial charge in [0.2, 0.25) is 0 Å². The quantitative estimate of drug-likeness (QED) is 0.556. The van der Waals surface area contributed by atoms with Gasteiger partial charge in [-0.05, 0) is 50.4 Å². The van der Waals surface area contributed by atoms with Crippen molar-refractivity contribution in [2.24, 2.45) is 11.8 Å². The molecule has 8 nitrogen and oxygen atoms in total. The summed E-state index contributed by atoms with van der Waals surface area (Å²) in [5, 5.41) is 2.81. The third-order valence-electron chi connectivity index (χ3n) is 7.07. The van der Waals surface area contributed by atoms with E-state index in [4.69, 9.17) is 4.74 Å². The zero-order chi connectivity index (χ0) is 21.2. The van der Waals surface area contributed by atoms with E-state index in [2.05, 4.69) is 12.2 Å². The van der Waals surface area contributed by atoms with Crippen molar-refractivity contribution >= 4 is 23.8 Å². The minimum absolute atomic E-state index is 0.0298. The smallest absolute Gasteiger partial charge is 0.326 e. The van der Waals surface area contributed by atoms with Crippen molar-refractivity contribution in [2.75, 3.05) is 20.2 Å². The van der Waals surface area contributed by atoms with Crippen LogP contribution >= 0.6 is 0 Å². The van der Waals surface area contributed by atoms with Crippen molar-refractivity contribution in [1.82, 2.24) is 15.1 Å². The molecule has 4 amide bonds. The number of carbonyl (C=O) groups is 4. The fraction of sp³-hybridized carbons (Fsp3) is 0.810. The van der Waals surface area contributed by atoms with Crippen LogP contribution in [0, 0.1) is 11.8 Å². The Morgan fingerprint density at radius 1 is 1.14 bits per heavy atom. The minimum atomic E-state index is -0.899. The van der Waals surface area contributed by atoms with Gasteiger partial charge in [-0.25, -0.2) is 4.79 Å². The number of nitrogens with one attached hydrogen (secondary N) is 1. The van der Waals surface area contributed by atoms with Crippen molar-refractivity contribution < 1.29 is 23.9 Å². The second-order valence-corrected chi connectivity index (χ2v) is 9.02. The first-order valence-corrected chi connectivity index (χ1v) is 10.8. The van der Waals surface area contributed by atoms with Gasteiger partial charge in [0.05, 0.1) is 0 Å². The average Bonchev–Trinajstić information content (AvgIpc) is 2.93. The number of likely N-dealkylation sites (N-methyl/N-ethyl adjacent to an activating group) is 1. The van der Waals surface area contributed by atoms with Crippen molar-refractivity contribution in [3.8, 4) is 0 Å². The van der Waals surface area contributed by atoms with Gasteiger partial charge in [0, 0.05) is 13.1 Å². The van der Waals surface area contributed by atoms with Crippen LogP contribution in [-0.2, 0) is 19.1 Å². The molecule has 29 heavy (non-hydrogen) atoms. The highest BCUT2D eigenvalue weighted by Gasteiger charge is 2.55. The summed E-state index contributed by atoms with van der Waals surface area (Å²) in [6.45, 7) is 3.34. The number of nitrogens with zero attached hydrogens (tertiary/aromatic N) is 2. The molecule has 8 heteroatoms. The van der Waals surface area contributed by atoms with Crippen LogP contribution < -0.4 is 5.32 Å². The van der Waals surface area contributed by atoms with Crippen LogP contribution in [-0.4, -0.2) is 65.4 Å². The summed E-state index contributed by atoms with van der Waals surface area (Å²) in [4.78, 5) is 52.4. The summed E-state index contributed by atoms with van der Waals surface area (Å²) in [7, 11) is 1.74. The lowest BCUT2D eigenvalue weighted by molar-refractivity contribution is -0.154. The molecule has 1 heterocycles. The summed E-state index contributed by atoms with van der Waals surface area (Å²) >= 11 is 0. The molecule has 1 N–H and O–H groups in total. The number of ether oxygens (including phenoxy) is 1. The zero-order valence-electron chi connectivity index (χ0n) is 17.7. The lowest BCUT2D eigenvalue weighted by Crippen LogP contribution is -2.54. The predicted molar refractivity (Wildman–Crippen MR) is 106 cm³/mol. The number of rotatable bonds is 5. The summed E-state index contributed by atoms with van der Waals surface area (Å²) in [6, 6.07) is -0.378. The first-order valence-electron chi connectivity index (χ1n) is 10.8. The molecular weight excluding hydrogens is 374 g/mol. The number of hydrogen-bond acceptors (Lipinski definition) is 5. The molecule has 0 bridgehead atoms. The zero-order valence-corrected chi connectivity index (χ0v) is 17.7. The largest absolute Gasteiger partial charge is 0.454 e. The van der Waals surface area contributed by atoms with Crippen LogP contribution in [0.3, 0.4) is 0 Å². The van der Waals surface area contributed by atoms with Gasteiger partial charge >= 0.3 is 12.0 Å². The van der Waals surface area contributed by atoms with Crippen LogP contribution in [0.1, 0.15) is 65.2 Å². The number of amides is 4. The molecule has 3 rings (SSSR count). The molecule has 1 spiro atoms.